The molecule has 0 saturated carbocycles. The summed E-state index contributed by atoms with van der Waals surface area (Å²) in [6.45, 7) is 5.42. The number of nitrogens with one attached hydrogen (secondary N) is 1. The van der Waals surface area contributed by atoms with Gasteiger partial charge in [-0.15, -0.1) is 0 Å². The third-order valence-electron chi connectivity index (χ3n) is 1.68. The summed E-state index contributed by atoms with van der Waals surface area (Å²) in [5.41, 5.74) is 0. The Morgan fingerprint density at radius 3 is 3.11 bits per heavy atom. The molecule has 1 unspecified atom stereocenters. The summed E-state index contributed by atoms with van der Waals surface area (Å²) in [6.07, 6.45) is 2.52. The molecule has 0 aromatic heterocycles. The van der Waals surface area contributed by atoms with E-state index in [0.717, 1.165) is 19.6 Å². The summed E-state index contributed by atoms with van der Waals surface area (Å²) in [7, 11) is 0. The normalized spacial score (nSPS) is 28.3. The van der Waals surface area contributed by atoms with Gasteiger partial charge in [-0.05, 0) is 6.42 Å². The molecule has 1 fully saturated rings. The zero-order valence-electron chi connectivity index (χ0n) is 6.06. The summed E-state index contributed by atoms with van der Waals surface area (Å²) < 4.78 is 0. The summed E-state index contributed by atoms with van der Waals surface area (Å²) in [6, 6.07) is 0.615. The first kappa shape index (κ1) is 7.03. The highest BCUT2D eigenvalue weighted by atomic mass is 15.0. The van der Waals surface area contributed by atoms with Crippen molar-refractivity contribution in [2.45, 2.75) is 25.8 Å². The fraction of sp³-hybridized carbons (Fsp3) is 1.00. The largest absolute Gasteiger partial charge is 0.314 e. The third-order valence-corrected chi connectivity index (χ3v) is 1.68. The lowest BCUT2D eigenvalue weighted by Crippen LogP contribution is -2.43. The third kappa shape index (κ3) is 2.33. The van der Waals surface area contributed by atoms with Crippen LogP contribution in [0.1, 0.15) is 19.8 Å². The van der Waals surface area contributed by atoms with Gasteiger partial charge in [0.2, 0.25) is 0 Å². The number of nitrogens with zero attached hydrogens (tertiary/aromatic N) is 1. The standard InChI is InChI=1S/C7H15N2/c1-2-3-7-6-8-4-5-9-7/h7-8H,2-6H2,1H3. The van der Waals surface area contributed by atoms with E-state index in [1.54, 1.807) is 0 Å². The van der Waals surface area contributed by atoms with Crippen LogP contribution in [0.5, 0.6) is 0 Å². The van der Waals surface area contributed by atoms with E-state index in [9.17, 15) is 0 Å². The molecule has 0 aromatic carbocycles. The van der Waals surface area contributed by atoms with Crippen molar-refractivity contribution >= 4 is 0 Å². The Bertz CT molecular complexity index is 64.6. The Morgan fingerprint density at radius 1 is 1.67 bits per heavy atom. The van der Waals surface area contributed by atoms with Crippen LogP contribution in [0.2, 0.25) is 0 Å². The smallest absolute Gasteiger partial charge is 0.0371 e. The van der Waals surface area contributed by atoms with Gasteiger partial charge in [-0.25, -0.2) is 5.32 Å². The van der Waals surface area contributed by atoms with Gasteiger partial charge < -0.3 is 5.32 Å². The van der Waals surface area contributed by atoms with Crippen molar-refractivity contribution in [1.82, 2.24) is 10.6 Å². The summed E-state index contributed by atoms with van der Waals surface area (Å²) in [5, 5.41) is 7.78. The zero-order chi connectivity index (χ0) is 6.53. The van der Waals surface area contributed by atoms with Crippen molar-refractivity contribution in [3.8, 4) is 0 Å². The first-order valence-corrected chi connectivity index (χ1v) is 3.81. The van der Waals surface area contributed by atoms with E-state index in [-0.39, 0.29) is 0 Å². The van der Waals surface area contributed by atoms with Crippen LogP contribution in [0.4, 0.5) is 0 Å². The highest BCUT2D eigenvalue weighted by molar-refractivity contribution is 4.73. The molecular weight excluding hydrogens is 112 g/mol. The van der Waals surface area contributed by atoms with E-state index in [2.05, 4.69) is 17.6 Å². The molecule has 0 amide bonds. The second-order valence-corrected chi connectivity index (χ2v) is 2.55. The van der Waals surface area contributed by atoms with Crippen molar-refractivity contribution < 1.29 is 0 Å². The van der Waals surface area contributed by atoms with Crippen molar-refractivity contribution in [3.63, 3.8) is 0 Å². The molecule has 0 aliphatic carbocycles. The SMILES string of the molecule is CCCC1CNCC[N]1. The Kier molecular flexibility index (Phi) is 3.01. The maximum Gasteiger partial charge on any atom is 0.0371 e. The number of hydrogen-bond donors (Lipinski definition) is 1. The minimum atomic E-state index is 0.615. The van der Waals surface area contributed by atoms with Crippen LogP contribution >= 0.6 is 0 Å². The highest BCUT2D eigenvalue weighted by Crippen LogP contribution is 1.98. The monoisotopic (exact) mass is 127 g/mol. The number of rotatable bonds is 2. The minimum Gasteiger partial charge on any atom is -0.314 e. The Morgan fingerprint density at radius 2 is 2.56 bits per heavy atom. The second-order valence-electron chi connectivity index (χ2n) is 2.55. The van der Waals surface area contributed by atoms with Crippen LogP contribution < -0.4 is 10.6 Å². The fourth-order valence-electron chi connectivity index (χ4n) is 1.19. The second kappa shape index (κ2) is 3.85. The van der Waals surface area contributed by atoms with E-state index in [4.69, 9.17) is 0 Å². The molecule has 1 aliphatic heterocycles. The topological polar surface area (TPSA) is 26.1 Å². The van der Waals surface area contributed by atoms with Gasteiger partial charge in [0, 0.05) is 25.7 Å². The minimum absolute atomic E-state index is 0.615. The predicted molar refractivity (Wildman–Crippen MR) is 38.6 cm³/mol. The average Bonchev–Trinajstić information content (AvgIpc) is 1.91. The lowest BCUT2D eigenvalue weighted by atomic mass is 10.1. The van der Waals surface area contributed by atoms with Crippen LogP contribution in [-0.2, 0) is 0 Å². The molecule has 2 heteroatoms. The Labute approximate surface area is 57.0 Å². The molecule has 53 valence electrons. The number of piperazine rings is 1. The maximum absolute atomic E-state index is 4.46. The van der Waals surface area contributed by atoms with Gasteiger partial charge in [0.25, 0.3) is 0 Å². The van der Waals surface area contributed by atoms with E-state index in [0.29, 0.717) is 6.04 Å². The molecule has 2 nitrogen and oxygen atoms in total. The number of hydrogen-bond acceptors (Lipinski definition) is 1. The molecule has 0 spiro atoms. The van der Waals surface area contributed by atoms with Crippen molar-refractivity contribution in [2.24, 2.45) is 0 Å². The van der Waals surface area contributed by atoms with Crippen molar-refractivity contribution in [3.05, 3.63) is 0 Å². The van der Waals surface area contributed by atoms with Gasteiger partial charge in [-0.2, -0.15) is 0 Å². The predicted octanol–water partition coefficient (Wildman–Crippen LogP) is 0.363. The van der Waals surface area contributed by atoms with Crippen LogP contribution in [0.3, 0.4) is 0 Å². The molecular formula is C7H15N2. The first-order valence-electron chi connectivity index (χ1n) is 3.81. The molecule has 0 bridgehead atoms. The van der Waals surface area contributed by atoms with Gasteiger partial charge in [-0.1, -0.05) is 13.3 Å². The van der Waals surface area contributed by atoms with Crippen LogP contribution in [0.25, 0.3) is 0 Å². The van der Waals surface area contributed by atoms with Gasteiger partial charge in [0.15, 0.2) is 0 Å². The van der Waals surface area contributed by atoms with E-state index in [1.165, 1.54) is 12.8 Å². The first-order chi connectivity index (χ1) is 4.43. The van der Waals surface area contributed by atoms with Crippen LogP contribution in [-0.4, -0.2) is 25.7 Å². The molecule has 1 saturated heterocycles. The zero-order valence-corrected chi connectivity index (χ0v) is 6.06. The Hall–Kier alpha value is -0.0800. The average molecular weight is 127 g/mol. The summed E-state index contributed by atoms with van der Waals surface area (Å²) in [5.74, 6) is 0. The highest BCUT2D eigenvalue weighted by Gasteiger charge is 2.10. The molecule has 1 aliphatic rings. The molecule has 1 rings (SSSR count). The quantitative estimate of drug-likeness (QED) is 0.569. The maximum atomic E-state index is 4.46. The van der Waals surface area contributed by atoms with Crippen molar-refractivity contribution in [2.75, 3.05) is 19.6 Å². The van der Waals surface area contributed by atoms with E-state index < -0.39 is 0 Å². The van der Waals surface area contributed by atoms with E-state index in [1.807, 2.05) is 0 Å². The van der Waals surface area contributed by atoms with Crippen molar-refractivity contribution in [1.29, 1.82) is 0 Å². The van der Waals surface area contributed by atoms with Crippen LogP contribution in [0, 0.1) is 0 Å². The lowest BCUT2D eigenvalue weighted by Gasteiger charge is -2.21. The molecule has 1 atom stereocenters. The van der Waals surface area contributed by atoms with Crippen LogP contribution in [0.15, 0.2) is 0 Å². The Balaban J connectivity index is 2.08. The lowest BCUT2D eigenvalue weighted by molar-refractivity contribution is 0.389. The van der Waals surface area contributed by atoms with Gasteiger partial charge in [0.1, 0.15) is 0 Å². The van der Waals surface area contributed by atoms with Gasteiger partial charge in [-0.3, -0.25) is 0 Å². The summed E-state index contributed by atoms with van der Waals surface area (Å²) >= 11 is 0. The molecule has 1 heterocycles. The van der Waals surface area contributed by atoms with Gasteiger partial charge >= 0.3 is 0 Å². The van der Waals surface area contributed by atoms with Gasteiger partial charge in [0.05, 0.1) is 0 Å². The molecule has 1 radical (unpaired) electrons. The molecule has 9 heavy (non-hydrogen) atoms. The fourth-order valence-corrected chi connectivity index (χ4v) is 1.19. The molecule has 1 N–H and O–H groups in total. The summed E-state index contributed by atoms with van der Waals surface area (Å²) in [4.78, 5) is 0. The van der Waals surface area contributed by atoms with E-state index >= 15 is 0 Å². The molecule has 0 aromatic rings.